The lowest BCUT2D eigenvalue weighted by atomic mass is 10.1. The fraction of sp³-hybridized carbons (Fsp3) is 0.350. The molecule has 1 fully saturated rings. The Hall–Kier alpha value is -2.54. The van der Waals surface area contributed by atoms with Crippen molar-refractivity contribution in [1.82, 2.24) is 4.90 Å². The van der Waals surface area contributed by atoms with Gasteiger partial charge in [-0.3, -0.25) is 4.79 Å². The molecule has 1 amide bonds. The van der Waals surface area contributed by atoms with E-state index in [1.807, 2.05) is 29.2 Å². The number of aromatic hydroxyl groups is 1. The van der Waals surface area contributed by atoms with Crippen LogP contribution in [0.15, 0.2) is 36.4 Å². The second-order valence-corrected chi connectivity index (χ2v) is 7.19. The number of phenolic OH excluding ortho intramolecular Hbond substituents is 1. The Labute approximate surface area is 163 Å². The van der Waals surface area contributed by atoms with Gasteiger partial charge in [0.1, 0.15) is 5.37 Å². The average Bonchev–Trinajstić information content (AvgIpc) is 3.06. The Morgan fingerprint density at radius 2 is 1.78 bits per heavy atom. The first kappa shape index (κ1) is 19.2. The zero-order chi connectivity index (χ0) is 19.4. The van der Waals surface area contributed by atoms with E-state index in [4.69, 9.17) is 14.2 Å². The van der Waals surface area contributed by atoms with Crippen molar-refractivity contribution in [2.24, 2.45) is 0 Å². The summed E-state index contributed by atoms with van der Waals surface area (Å²) in [5.74, 6) is 2.41. The highest BCUT2D eigenvalue weighted by Gasteiger charge is 2.32. The first-order valence-corrected chi connectivity index (χ1v) is 9.61. The summed E-state index contributed by atoms with van der Waals surface area (Å²) in [6, 6.07) is 11.0. The van der Waals surface area contributed by atoms with E-state index in [0.717, 1.165) is 11.1 Å². The van der Waals surface area contributed by atoms with E-state index in [2.05, 4.69) is 0 Å². The molecule has 0 saturated carbocycles. The van der Waals surface area contributed by atoms with Gasteiger partial charge >= 0.3 is 0 Å². The quantitative estimate of drug-likeness (QED) is 0.784. The van der Waals surface area contributed by atoms with Gasteiger partial charge in [0, 0.05) is 6.54 Å². The van der Waals surface area contributed by atoms with Crippen LogP contribution in [0.25, 0.3) is 0 Å². The lowest BCUT2D eigenvalue weighted by Crippen LogP contribution is -2.30. The molecule has 2 aromatic carbocycles. The van der Waals surface area contributed by atoms with Gasteiger partial charge in [0.25, 0.3) is 0 Å². The van der Waals surface area contributed by atoms with Gasteiger partial charge in [-0.25, -0.2) is 0 Å². The van der Waals surface area contributed by atoms with Gasteiger partial charge in [-0.2, -0.15) is 0 Å². The zero-order valence-corrected chi connectivity index (χ0v) is 16.4. The monoisotopic (exact) mass is 389 g/mol. The molecule has 0 radical (unpaired) electrons. The van der Waals surface area contributed by atoms with Gasteiger partial charge in [-0.05, 0) is 41.8 Å². The predicted octanol–water partition coefficient (Wildman–Crippen LogP) is 3.23. The molecule has 7 heteroatoms. The van der Waals surface area contributed by atoms with E-state index in [9.17, 15) is 9.90 Å². The number of amides is 1. The number of hydrogen-bond acceptors (Lipinski definition) is 6. The SMILES string of the molecule is COc1cc([C@@H]2SCC(=O)N2CCc2ccc(OC)c(OC)c2)ccc1O. The fourth-order valence-corrected chi connectivity index (χ4v) is 4.31. The van der Waals surface area contributed by atoms with Crippen molar-refractivity contribution in [3.05, 3.63) is 47.5 Å². The van der Waals surface area contributed by atoms with Gasteiger partial charge in [0.2, 0.25) is 5.91 Å². The maximum absolute atomic E-state index is 12.4. The molecule has 3 rings (SSSR count). The van der Waals surface area contributed by atoms with Crippen LogP contribution in [-0.4, -0.2) is 49.5 Å². The number of carbonyl (C=O) groups is 1. The van der Waals surface area contributed by atoms with E-state index in [1.54, 1.807) is 38.1 Å². The summed E-state index contributed by atoms with van der Waals surface area (Å²) in [6.07, 6.45) is 0.707. The first-order valence-electron chi connectivity index (χ1n) is 8.56. The maximum Gasteiger partial charge on any atom is 0.233 e. The highest BCUT2D eigenvalue weighted by Crippen LogP contribution is 2.41. The lowest BCUT2D eigenvalue weighted by Gasteiger charge is -2.25. The summed E-state index contributed by atoms with van der Waals surface area (Å²) >= 11 is 1.58. The molecule has 0 spiro atoms. The largest absolute Gasteiger partial charge is 0.504 e. The Kier molecular flexibility index (Phi) is 6.01. The molecule has 0 bridgehead atoms. The molecule has 0 aliphatic carbocycles. The molecular formula is C20H23NO5S. The van der Waals surface area contributed by atoms with Crippen LogP contribution in [0.5, 0.6) is 23.0 Å². The van der Waals surface area contributed by atoms with Crippen molar-refractivity contribution in [1.29, 1.82) is 0 Å². The van der Waals surface area contributed by atoms with Crippen molar-refractivity contribution in [3.63, 3.8) is 0 Å². The van der Waals surface area contributed by atoms with E-state index >= 15 is 0 Å². The third-order valence-electron chi connectivity index (χ3n) is 4.55. The average molecular weight is 389 g/mol. The van der Waals surface area contributed by atoms with Crippen LogP contribution in [0.2, 0.25) is 0 Å². The molecular weight excluding hydrogens is 366 g/mol. The number of ether oxygens (including phenoxy) is 3. The standard InChI is InChI=1S/C20H23NO5S/c1-24-16-7-4-13(10-18(16)26-3)8-9-21-19(23)12-27-20(21)14-5-6-15(22)17(11-14)25-2/h4-7,10-11,20,22H,8-9,12H2,1-3H3/t20-/m0/s1. The molecule has 1 aliphatic heterocycles. The molecule has 2 aromatic rings. The molecule has 6 nitrogen and oxygen atoms in total. The van der Waals surface area contributed by atoms with E-state index in [0.29, 0.717) is 36.0 Å². The van der Waals surface area contributed by atoms with Gasteiger partial charge in [-0.1, -0.05) is 12.1 Å². The Morgan fingerprint density at radius 3 is 2.48 bits per heavy atom. The van der Waals surface area contributed by atoms with Gasteiger partial charge in [-0.15, -0.1) is 11.8 Å². The minimum Gasteiger partial charge on any atom is -0.504 e. The molecule has 1 atom stereocenters. The summed E-state index contributed by atoms with van der Waals surface area (Å²) in [5, 5.41) is 9.71. The maximum atomic E-state index is 12.4. The number of hydrogen-bond donors (Lipinski definition) is 1. The number of methoxy groups -OCH3 is 3. The number of benzene rings is 2. The minimum absolute atomic E-state index is 0.0902. The summed E-state index contributed by atoms with van der Waals surface area (Å²) in [6.45, 7) is 0.592. The van der Waals surface area contributed by atoms with Crippen LogP contribution >= 0.6 is 11.8 Å². The summed E-state index contributed by atoms with van der Waals surface area (Å²) in [5.41, 5.74) is 2.01. The molecule has 1 aliphatic rings. The van der Waals surface area contributed by atoms with Crippen LogP contribution < -0.4 is 14.2 Å². The van der Waals surface area contributed by atoms with Gasteiger partial charge in [0.05, 0.1) is 27.1 Å². The third kappa shape index (κ3) is 4.08. The van der Waals surface area contributed by atoms with E-state index in [-0.39, 0.29) is 17.0 Å². The fourth-order valence-electron chi connectivity index (χ4n) is 3.11. The summed E-state index contributed by atoms with van der Waals surface area (Å²) in [4.78, 5) is 14.3. The van der Waals surface area contributed by atoms with Crippen LogP contribution in [0.1, 0.15) is 16.5 Å². The molecule has 1 saturated heterocycles. The molecule has 0 unspecified atom stereocenters. The smallest absolute Gasteiger partial charge is 0.233 e. The Balaban J connectivity index is 1.76. The highest BCUT2D eigenvalue weighted by molar-refractivity contribution is 8.00. The number of phenols is 1. The number of rotatable bonds is 7. The highest BCUT2D eigenvalue weighted by atomic mass is 32.2. The van der Waals surface area contributed by atoms with Crippen molar-refractivity contribution in [2.45, 2.75) is 11.8 Å². The van der Waals surface area contributed by atoms with Crippen molar-refractivity contribution in [2.75, 3.05) is 33.6 Å². The minimum atomic E-state index is -0.0906. The number of nitrogens with zero attached hydrogens (tertiary/aromatic N) is 1. The van der Waals surface area contributed by atoms with E-state index in [1.165, 1.54) is 7.11 Å². The van der Waals surface area contributed by atoms with Crippen LogP contribution in [0.4, 0.5) is 0 Å². The first-order chi connectivity index (χ1) is 13.1. The van der Waals surface area contributed by atoms with E-state index < -0.39 is 0 Å². The van der Waals surface area contributed by atoms with Crippen molar-refractivity contribution < 1.29 is 24.1 Å². The predicted molar refractivity (Wildman–Crippen MR) is 105 cm³/mol. The van der Waals surface area contributed by atoms with Crippen molar-refractivity contribution in [3.8, 4) is 23.0 Å². The Bertz CT molecular complexity index is 826. The molecule has 27 heavy (non-hydrogen) atoms. The lowest BCUT2D eigenvalue weighted by molar-refractivity contribution is -0.128. The summed E-state index contributed by atoms with van der Waals surface area (Å²) in [7, 11) is 4.73. The molecule has 1 N–H and O–H groups in total. The van der Waals surface area contributed by atoms with Crippen molar-refractivity contribution >= 4 is 17.7 Å². The third-order valence-corrected chi connectivity index (χ3v) is 5.80. The Morgan fingerprint density at radius 1 is 1.04 bits per heavy atom. The van der Waals surface area contributed by atoms with Crippen LogP contribution in [0.3, 0.4) is 0 Å². The molecule has 1 heterocycles. The normalized spacial score (nSPS) is 16.5. The second kappa shape index (κ2) is 8.43. The second-order valence-electron chi connectivity index (χ2n) is 6.12. The summed E-state index contributed by atoms with van der Waals surface area (Å²) < 4.78 is 15.8. The number of thioether (sulfide) groups is 1. The zero-order valence-electron chi connectivity index (χ0n) is 15.6. The number of carbonyl (C=O) groups excluding carboxylic acids is 1. The molecule has 0 aromatic heterocycles. The molecule has 144 valence electrons. The van der Waals surface area contributed by atoms with Crippen LogP contribution in [0, 0.1) is 0 Å². The van der Waals surface area contributed by atoms with Gasteiger partial charge in [0.15, 0.2) is 23.0 Å². The topological polar surface area (TPSA) is 68.2 Å². The van der Waals surface area contributed by atoms with Gasteiger partial charge < -0.3 is 24.2 Å². The van der Waals surface area contributed by atoms with Crippen LogP contribution in [-0.2, 0) is 11.2 Å².